The number of aromatic nitrogens is 1. The highest BCUT2D eigenvalue weighted by atomic mass is 32.2. The molecule has 0 spiro atoms. The summed E-state index contributed by atoms with van der Waals surface area (Å²) in [5.74, 6) is 0.0445. The average molecular weight is 355 g/mol. The van der Waals surface area contributed by atoms with Crippen LogP contribution in [0.4, 0.5) is 0 Å². The lowest BCUT2D eigenvalue weighted by molar-refractivity contribution is -0.120. The van der Waals surface area contributed by atoms with Crippen LogP contribution in [0.3, 0.4) is 0 Å². The number of thioether (sulfide) groups is 1. The standard InChI is InChI=1S/C15H21N3O3S2/c19-15-13(5-1-2-8-16-15)22-14-7-6-12(11-17-14)23(20,21)18-9-3-4-10-18/h6-7,11,13H,1-5,8-10H2,(H,16,19)/t13-/m1/s1. The minimum absolute atomic E-state index is 0.0445. The summed E-state index contributed by atoms with van der Waals surface area (Å²) in [6.45, 7) is 1.90. The van der Waals surface area contributed by atoms with Crippen molar-refractivity contribution in [3.8, 4) is 0 Å². The fraction of sp³-hybridized carbons (Fsp3) is 0.600. The number of nitrogens with zero attached hydrogens (tertiary/aromatic N) is 2. The zero-order valence-electron chi connectivity index (χ0n) is 12.9. The van der Waals surface area contributed by atoms with Gasteiger partial charge in [-0.2, -0.15) is 4.31 Å². The smallest absolute Gasteiger partial charge is 0.244 e. The van der Waals surface area contributed by atoms with Gasteiger partial charge in [-0.25, -0.2) is 13.4 Å². The highest BCUT2D eigenvalue weighted by molar-refractivity contribution is 8.00. The van der Waals surface area contributed by atoms with Gasteiger partial charge in [-0.05, 0) is 37.8 Å². The Morgan fingerprint density at radius 3 is 2.65 bits per heavy atom. The molecule has 2 aliphatic heterocycles. The SMILES string of the molecule is O=C1NCCCC[C@H]1Sc1ccc(S(=O)(=O)N2CCCC2)cn1. The van der Waals surface area contributed by atoms with Crippen LogP contribution in [0.1, 0.15) is 32.1 Å². The van der Waals surface area contributed by atoms with E-state index in [0.717, 1.165) is 38.6 Å². The normalized spacial score (nSPS) is 23.5. The van der Waals surface area contributed by atoms with Gasteiger partial charge in [-0.15, -0.1) is 0 Å². The predicted octanol–water partition coefficient (Wildman–Crippen LogP) is 1.63. The molecule has 1 aromatic rings. The van der Waals surface area contributed by atoms with Crippen molar-refractivity contribution >= 4 is 27.7 Å². The molecule has 0 aliphatic carbocycles. The van der Waals surface area contributed by atoms with Crippen LogP contribution >= 0.6 is 11.8 Å². The molecule has 0 aromatic carbocycles. The molecule has 3 rings (SSSR count). The second-order valence-electron chi connectivity index (χ2n) is 5.84. The molecule has 1 amide bonds. The second kappa shape index (κ2) is 7.19. The third kappa shape index (κ3) is 3.87. The van der Waals surface area contributed by atoms with Crippen LogP contribution in [0.15, 0.2) is 28.3 Å². The van der Waals surface area contributed by atoms with Gasteiger partial charge in [-0.1, -0.05) is 18.2 Å². The molecule has 0 unspecified atom stereocenters. The van der Waals surface area contributed by atoms with Crippen LogP contribution < -0.4 is 5.32 Å². The molecular formula is C15H21N3O3S2. The number of pyridine rings is 1. The fourth-order valence-electron chi connectivity index (χ4n) is 2.84. The molecule has 3 heterocycles. The molecule has 2 aliphatic rings. The maximum absolute atomic E-state index is 12.4. The zero-order chi connectivity index (χ0) is 16.3. The van der Waals surface area contributed by atoms with Gasteiger partial charge in [0.1, 0.15) is 4.90 Å². The average Bonchev–Trinajstić information content (AvgIpc) is 3.02. The molecule has 1 aromatic heterocycles. The maximum atomic E-state index is 12.4. The number of carbonyl (C=O) groups excluding carboxylic acids is 1. The van der Waals surface area contributed by atoms with Crippen molar-refractivity contribution in [2.24, 2.45) is 0 Å². The van der Waals surface area contributed by atoms with Crippen LogP contribution in [0.25, 0.3) is 0 Å². The summed E-state index contributed by atoms with van der Waals surface area (Å²) in [6.07, 6.45) is 6.08. The van der Waals surface area contributed by atoms with Crippen molar-refractivity contribution in [2.75, 3.05) is 19.6 Å². The summed E-state index contributed by atoms with van der Waals surface area (Å²) in [5, 5.41) is 3.44. The van der Waals surface area contributed by atoms with Gasteiger partial charge in [0.2, 0.25) is 15.9 Å². The van der Waals surface area contributed by atoms with Gasteiger partial charge in [0.25, 0.3) is 0 Å². The number of sulfonamides is 1. The number of amides is 1. The van der Waals surface area contributed by atoms with E-state index in [2.05, 4.69) is 10.3 Å². The van der Waals surface area contributed by atoms with E-state index in [-0.39, 0.29) is 16.1 Å². The molecule has 2 fully saturated rings. The number of hydrogen-bond acceptors (Lipinski definition) is 5. The minimum Gasteiger partial charge on any atom is -0.355 e. The summed E-state index contributed by atoms with van der Waals surface area (Å²) in [7, 11) is -3.42. The number of hydrogen-bond donors (Lipinski definition) is 1. The quantitative estimate of drug-likeness (QED) is 0.888. The van der Waals surface area contributed by atoms with Crippen LogP contribution in [-0.2, 0) is 14.8 Å². The maximum Gasteiger partial charge on any atom is 0.244 e. The fourth-order valence-corrected chi connectivity index (χ4v) is 5.33. The van der Waals surface area contributed by atoms with Crippen molar-refractivity contribution in [3.63, 3.8) is 0 Å². The van der Waals surface area contributed by atoms with Gasteiger partial charge in [-0.3, -0.25) is 4.79 Å². The lowest BCUT2D eigenvalue weighted by Crippen LogP contribution is -2.30. The van der Waals surface area contributed by atoms with E-state index in [9.17, 15) is 13.2 Å². The number of carbonyl (C=O) groups is 1. The summed E-state index contributed by atoms with van der Waals surface area (Å²) in [4.78, 5) is 16.4. The number of rotatable bonds is 4. The Labute approximate surface area is 141 Å². The summed E-state index contributed by atoms with van der Waals surface area (Å²) >= 11 is 1.41. The first-order chi connectivity index (χ1) is 11.1. The van der Waals surface area contributed by atoms with Gasteiger partial charge in [0.15, 0.2) is 0 Å². The molecule has 0 saturated carbocycles. The Hall–Kier alpha value is -1.12. The zero-order valence-corrected chi connectivity index (χ0v) is 14.5. The Kier molecular flexibility index (Phi) is 5.23. The van der Waals surface area contributed by atoms with E-state index in [0.29, 0.717) is 18.1 Å². The molecule has 0 bridgehead atoms. The third-order valence-corrected chi connectivity index (χ3v) is 7.26. The van der Waals surface area contributed by atoms with Gasteiger partial charge in [0.05, 0.1) is 10.3 Å². The second-order valence-corrected chi connectivity index (χ2v) is 9.00. The first-order valence-corrected chi connectivity index (χ1v) is 10.3. The van der Waals surface area contributed by atoms with Crippen molar-refractivity contribution in [1.29, 1.82) is 0 Å². The monoisotopic (exact) mass is 355 g/mol. The van der Waals surface area contributed by atoms with Crippen LogP contribution in [-0.4, -0.2) is 48.5 Å². The van der Waals surface area contributed by atoms with Crippen LogP contribution in [0, 0.1) is 0 Å². The topological polar surface area (TPSA) is 79.4 Å². The summed E-state index contributed by atoms with van der Waals surface area (Å²) < 4.78 is 26.4. The molecule has 8 heteroatoms. The summed E-state index contributed by atoms with van der Waals surface area (Å²) in [6, 6.07) is 3.30. The largest absolute Gasteiger partial charge is 0.355 e. The molecule has 23 heavy (non-hydrogen) atoms. The van der Waals surface area contributed by atoms with Crippen LogP contribution in [0.5, 0.6) is 0 Å². The molecule has 6 nitrogen and oxygen atoms in total. The first-order valence-electron chi connectivity index (χ1n) is 7.98. The van der Waals surface area contributed by atoms with E-state index < -0.39 is 10.0 Å². The Morgan fingerprint density at radius 2 is 1.96 bits per heavy atom. The van der Waals surface area contributed by atoms with E-state index >= 15 is 0 Å². The minimum atomic E-state index is -3.42. The third-order valence-electron chi connectivity index (χ3n) is 4.16. The molecule has 2 saturated heterocycles. The molecular weight excluding hydrogens is 334 g/mol. The molecule has 1 N–H and O–H groups in total. The highest BCUT2D eigenvalue weighted by Gasteiger charge is 2.28. The van der Waals surface area contributed by atoms with Crippen molar-refractivity contribution < 1.29 is 13.2 Å². The van der Waals surface area contributed by atoms with Crippen molar-refractivity contribution in [1.82, 2.24) is 14.6 Å². The summed E-state index contributed by atoms with van der Waals surface area (Å²) in [5.41, 5.74) is 0. The van der Waals surface area contributed by atoms with Gasteiger partial charge >= 0.3 is 0 Å². The molecule has 126 valence electrons. The number of nitrogens with one attached hydrogen (secondary N) is 1. The van der Waals surface area contributed by atoms with E-state index in [1.807, 2.05) is 0 Å². The van der Waals surface area contributed by atoms with Crippen molar-refractivity contribution in [2.45, 2.75) is 47.3 Å². The first kappa shape index (κ1) is 16.7. The van der Waals surface area contributed by atoms with Crippen LogP contribution in [0.2, 0.25) is 0 Å². The molecule has 0 radical (unpaired) electrons. The predicted molar refractivity (Wildman–Crippen MR) is 88.7 cm³/mol. The van der Waals surface area contributed by atoms with E-state index in [4.69, 9.17) is 0 Å². The van der Waals surface area contributed by atoms with Gasteiger partial charge in [0, 0.05) is 25.8 Å². The van der Waals surface area contributed by atoms with Crippen molar-refractivity contribution in [3.05, 3.63) is 18.3 Å². The van der Waals surface area contributed by atoms with E-state index in [1.165, 1.54) is 22.3 Å². The van der Waals surface area contributed by atoms with E-state index in [1.54, 1.807) is 12.1 Å². The molecule has 1 atom stereocenters. The lowest BCUT2D eigenvalue weighted by Gasteiger charge is -2.16. The Morgan fingerprint density at radius 1 is 1.17 bits per heavy atom. The highest BCUT2D eigenvalue weighted by Crippen LogP contribution is 2.28. The Balaban J connectivity index is 1.70. The lowest BCUT2D eigenvalue weighted by atomic mass is 10.2. The Bertz CT molecular complexity index is 655. The van der Waals surface area contributed by atoms with Gasteiger partial charge < -0.3 is 5.32 Å².